The van der Waals surface area contributed by atoms with Gasteiger partial charge < -0.3 is 14.9 Å². The maximum atomic E-state index is 13.5. The van der Waals surface area contributed by atoms with Crippen LogP contribution < -0.4 is 10.9 Å². The number of hydrogen-bond acceptors (Lipinski definition) is 6. The minimum absolute atomic E-state index is 0.0241. The van der Waals surface area contributed by atoms with Gasteiger partial charge in [-0.1, -0.05) is 59.3 Å². The van der Waals surface area contributed by atoms with E-state index in [0.717, 1.165) is 11.1 Å². The maximum Gasteiger partial charge on any atom is 0.366 e. The van der Waals surface area contributed by atoms with Crippen LogP contribution in [-0.4, -0.2) is 22.0 Å². The molecular formula is C27H24N2O5. The van der Waals surface area contributed by atoms with Gasteiger partial charge in [0.25, 0.3) is 5.91 Å². The predicted molar refractivity (Wildman–Crippen MR) is 129 cm³/mol. The number of anilines is 1. The molecule has 4 aromatic rings. The van der Waals surface area contributed by atoms with Crippen LogP contribution in [0.5, 0.6) is 0 Å². The molecule has 3 aromatic carbocycles. The summed E-state index contributed by atoms with van der Waals surface area (Å²) in [5.41, 5.74) is 1.09. The van der Waals surface area contributed by atoms with Gasteiger partial charge in [-0.3, -0.25) is 9.59 Å². The quantitative estimate of drug-likeness (QED) is 0.423. The molecular weight excluding hydrogens is 432 g/mol. The summed E-state index contributed by atoms with van der Waals surface area (Å²) in [7, 11) is 0. The third-order valence-electron chi connectivity index (χ3n) is 5.88. The van der Waals surface area contributed by atoms with Crippen LogP contribution in [0.3, 0.4) is 0 Å². The van der Waals surface area contributed by atoms with Gasteiger partial charge in [0.05, 0.1) is 11.1 Å². The molecule has 172 valence electrons. The van der Waals surface area contributed by atoms with E-state index in [2.05, 4.69) is 10.5 Å². The first-order valence-corrected chi connectivity index (χ1v) is 10.8. The highest BCUT2D eigenvalue weighted by atomic mass is 16.5. The van der Waals surface area contributed by atoms with Gasteiger partial charge in [0.15, 0.2) is 11.4 Å². The fraction of sp³-hybridized carbons (Fsp3) is 0.185. The standard InChI is InChI=1S/C27H24N2O5/c1-16-4-6-19(7-5-16)15-27(33,21-10-8-20(9-11-21)18(3)30)26(32)28-22-12-13-23-24(14-22)17(2)29-34-25(23)31/h4-14,33H,15H2,1-3H3,(H,28,32). The smallest absolute Gasteiger partial charge is 0.366 e. The van der Waals surface area contributed by atoms with Crippen molar-refractivity contribution < 1.29 is 19.2 Å². The maximum absolute atomic E-state index is 13.5. The van der Waals surface area contributed by atoms with Crippen LogP contribution in [-0.2, 0) is 16.8 Å². The van der Waals surface area contributed by atoms with Crippen LogP contribution in [0.1, 0.15) is 39.7 Å². The minimum Gasteiger partial charge on any atom is -0.375 e. The van der Waals surface area contributed by atoms with Crippen molar-refractivity contribution in [2.45, 2.75) is 32.8 Å². The van der Waals surface area contributed by atoms with E-state index >= 15 is 0 Å². The van der Waals surface area contributed by atoms with E-state index in [1.807, 2.05) is 31.2 Å². The molecule has 4 rings (SSSR count). The monoisotopic (exact) mass is 456 g/mol. The van der Waals surface area contributed by atoms with Gasteiger partial charge in [-0.25, -0.2) is 4.79 Å². The van der Waals surface area contributed by atoms with E-state index in [-0.39, 0.29) is 12.2 Å². The Kier molecular flexibility index (Phi) is 6.13. The number of hydrogen-bond donors (Lipinski definition) is 2. The largest absolute Gasteiger partial charge is 0.375 e. The van der Waals surface area contributed by atoms with E-state index < -0.39 is 17.1 Å². The van der Waals surface area contributed by atoms with Gasteiger partial charge in [0.1, 0.15) is 0 Å². The van der Waals surface area contributed by atoms with E-state index in [9.17, 15) is 19.5 Å². The molecule has 1 amide bonds. The van der Waals surface area contributed by atoms with E-state index in [1.165, 1.54) is 6.92 Å². The summed E-state index contributed by atoms with van der Waals surface area (Å²) < 4.78 is 4.75. The molecule has 0 saturated carbocycles. The first kappa shape index (κ1) is 23.1. The molecule has 0 aliphatic carbocycles. The summed E-state index contributed by atoms with van der Waals surface area (Å²) in [6.07, 6.45) is 0.0241. The number of Topliss-reactive ketones (excluding diaryl/α,β-unsaturated/α-hetero) is 1. The Bertz CT molecular complexity index is 1440. The van der Waals surface area contributed by atoms with Crippen LogP contribution in [0, 0.1) is 13.8 Å². The van der Waals surface area contributed by atoms with Crippen LogP contribution in [0.4, 0.5) is 5.69 Å². The fourth-order valence-corrected chi connectivity index (χ4v) is 3.84. The lowest BCUT2D eigenvalue weighted by Gasteiger charge is -2.28. The second kappa shape index (κ2) is 9.03. The van der Waals surface area contributed by atoms with Gasteiger partial charge >= 0.3 is 5.63 Å². The van der Waals surface area contributed by atoms with Crippen molar-refractivity contribution in [1.29, 1.82) is 0 Å². The SMILES string of the molecule is CC(=O)c1ccc(C(O)(Cc2ccc(C)cc2)C(=O)Nc2ccc3c(=O)onc(C)c3c2)cc1. The van der Waals surface area contributed by atoms with Crippen LogP contribution in [0.25, 0.3) is 10.8 Å². The van der Waals surface area contributed by atoms with Crippen LogP contribution in [0.15, 0.2) is 76.0 Å². The molecule has 1 aromatic heterocycles. The van der Waals surface area contributed by atoms with Gasteiger partial charge in [-0.15, -0.1) is 0 Å². The Morgan fingerprint density at radius 2 is 1.65 bits per heavy atom. The van der Waals surface area contributed by atoms with E-state index in [0.29, 0.717) is 33.3 Å². The summed E-state index contributed by atoms with van der Waals surface area (Å²) in [5, 5.41) is 19.1. The lowest BCUT2D eigenvalue weighted by atomic mass is 9.85. The number of ketones is 1. The third kappa shape index (κ3) is 4.51. The number of fused-ring (bicyclic) bond motifs is 1. The summed E-state index contributed by atoms with van der Waals surface area (Å²) in [4.78, 5) is 37.1. The number of rotatable bonds is 6. The Balaban J connectivity index is 1.73. The van der Waals surface area contributed by atoms with Crippen molar-refractivity contribution in [1.82, 2.24) is 5.16 Å². The molecule has 1 heterocycles. The molecule has 0 aliphatic heterocycles. The number of amides is 1. The Morgan fingerprint density at radius 1 is 0.971 bits per heavy atom. The molecule has 7 nitrogen and oxygen atoms in total. The topological polar surface area (TPSA) is 110 Å². The van der Waals surface area contributed by atoms with E-state index in [4.69, 9.17) is 4.52 Å². The second-order valence-electron chi connectivity index (χ2n) is 8.43. The van der Waals surface area contributed by atoms with Gasteiger partial charge in [-0.05, 0) is 50.1 Å². The summed E-state index contributed by atoms with van der Waals surface area (Å²) >= 11 is 0. The predicted octanol–water partition coefficient (Wildman–Crippen LogP) is 4.08. The van der Waals surface area contributed by atoms with Crippen LogP contribution >= 0.6 is 0 Å². The Morgan fingerprint density at radius 3 is 2.29 bits per heavy atom. The number of aromatic nitrogens is 1. The van der Waals surface area contributed by atoms with Crippen molar-refractivity contribution in [2.75, 3.05) is 5.32 Å². The summed E-state index contributed by atoms with van der Waals surface area (Å²) in [5.74, 6) is -0.751. The zero-order valence-electron chi connectivity index (χ0n) is 19.1. The summed E-state index contributed by atoms with van der Waals surface area (Å²) in [6.45, 7) is 5.11. The molecule has 7 heteroatoms. The molecule has 34 heavy (non-hydrogen) atoms. The lowest BCUT2D eigenvalue weighted by molar-refractivity contribution is -0.135. The number of aliphatic hydroxyl groups is 1. The van der Waals surface area contributed by atoms with Crippen molar-refractivity contribution in [2.24, 2.45) is 0 Å². The molecule has 0 fully saturated rings. The van der Waals surface area contributed by atoms with Crippen molar-refractivity contribution in [3.05, 3.63) is 105 Å². The first-order valence-electron chi connectivity index (χ1n) is 10.8. The number of benzene rings is 3. The lowest BCUT2D eigenvalue weighted by Crippen LogP contribution is -2.42. The average molecular weight is 456 g/mol. The Hall–Kier alpha value is -4.10. The van der Waals surface area contributed by atoms with Gasteiger partial charge in [0.2, 0.25) is 0 Å². The van der Waals surface area contributed by atoms with E-state index in [1.54, 1.807) is 49.4 Å². The normalized spacial score (nSPS) is 12.8. The van der Waals surface area contributed by atoms with Crippen LogP contribution in [0.2, 0.25) is 0 Å². The average Bonchev–Trinajstić information content (AvgIpc) is 2.83. The second-order valence-corrected chi connectivity index (χ2v) is 8.43. The van der Waals surface area contributed by atoms with Crippen molar-refractivity contribution in [3.8, 4) is 0 Å². The molecule has 0 spiro atoms. The number of carbonyl (C=O) groups excluding carboxylic acids is 2. The van der Waals surface area contributed by atoms with Crippen molar-refractivity contribution in [3.63, 3.8) is 0 Å². The molecule has 0 saturated heterocycles. The highest BCUT2D eigenvalue weighted by molar-refractivity contribution is 6.00. The number of nitrogens with one attached hydrogen (secondary N) is 1. The number of aryl methyl sites for hydroxylation is 2. The molecule has 0 radical (unpaired) electrons. The molecule has 1 unspecified atom stereocenters. The Labute approximate surface area is 196 Å². The molecule has 1 atom stereocenters. The molecule has 0 bridgehead atoms. The van der Waals surface area contributed by atoms with Gasteiger partial charge in [0, 0.05) is 23.1 Å². The van der Waals surface area contributed by atoms with Gasteiger partial charge in [-0.2, -0.15) is 0 Å². The highest BCUT2D eigenvalue weighted by Gasteiger charge is 2.38. The minimum atomic E-state index is -1.91. The third-order valence-corrected chi connectivity index (χ3v) is 5.88. The zero-order valence-corrected chi connectivity index (χ0v) is 19.1. The first-order chi connectivity index (χ1) is 16.2. The number of nitrogens with zero attached hydrogens (tertiary/aromatic N) is 1. The molecule has 0 aliphatic rings. The van der Waals surface area contributed by atoms with Crippen molar-refractivity contribution >= 4 is 28.2 Å². The zero-order chi connectivity index (χ0) is 24.5. The highest BCUT2D eigenvalue weighted by Crippen LogP contribution is 2.29. The molecule has 2 N–H and O–H groups in total. The fourth-order valence-electron chi connectivity index (χ4n) is 3.84. The number of carbonyl (C=O) groups is 2. The summed E-state index contributed by atoms with van der Waals surface area (Å²) in [6, 6.07) is 18.7.